The van der Waals surface area contributed by atoms with Gasteiger partial charge in [-0.25, -0.2) is 4.39 Å². The van der Waals surface area contributed by atoms with E-state index in [1.54, 1.807) is 0 Å². The van der Waals surface area contributed by atoms with Crippen molar-refractivity contribution in [3.8, 4) is 0 Å². The van der Waals surface area contributed by atoms with Crippen LogP contribution < -0.4 is 113 Å². The van der Waals surface area contributed by atoms with Crippen LogP contribution >= 0.6 is 0 Å². The molecule has 1 rings (SSSR count). The zero-order valence-electron chi connectivity index (χ0n) is 9.17. The molecule has 0 saturated carbocycles. The van der Waals surface area contributed by atoms with Crippen LogP contribution in [-0.4, -0.2) is 32.2 Å². The van der Waals surface area contributed by atoms with Crippen molar-refractivity contribution in [2.45, 2.75) is 24.8 Å². The smallest absolute Gasteiger partial charge is 0.891 e. The van der Waals surface area contributed by atoms with E-state index < -0.39 is 32.0 Å². The molecular weight excluding hydrogens is 282 g/mol. The van der Waals surface area contributed by atoms with Crippen molar-refractivity contribution in [3.05, 3.63) is 0 Å². The van der Waals surface area contributed by atoms with E-state index in [0.29, 0.717) is 0 Å². The molecule has 0 aliphatic carbocycles. The van der Waals surface area contributed by atoms with Gasteiger partial charge in [-0.15, -0.1) is 0 Å². The van der Waals surface area contributed by atoms with Crippen LogP contribution in [0.2, 0.25) is 0 Å². The van der Waals surface area contributed by atoms with Crippen LogP contribution in [0.1, 0.15) is 12.8 Å². The van der Waals surface area contributed by atoms with E-state index in [1.807, 2.05) is 0 Å². The Hall–Kier alpha value is 2.97. The minimum Gasteiger partial charge on any atom is -0.891 e. The fraction of sp³-hybridized carbons (Fsp3) is 1.00. The van der Waals surface area contributed by atoms with E-state index in [-0.39, 0.29) is 116 Å². The molecule has 0 aromatic heterocycles. The summed E-state index contributed by atoms with van der Waals surface area (Å²) in [7, 11) is -2.49. The Balaban J connectivity index is 0. The van der Waals surface area contributed by atoms with Gasteiger partial charge in [-0.05, 0) is 12.9 Å². The molecule has 4 nitrogen and oxygen atoms in total. The first-order chi connectivity index (χ1) is 6.37. The molecule has 10 heteroatoms. The molecule has 0 amide bonds. The first kappa shape index (κ1) is 21.3. The van der Waals surface area contributed by atoms with E-state index in [4.69, 9.17) is 0 Å². The number of ether oxygens (including phenoxy) is 2. The summed E-state index contributed by atoms with van der Waals surface area (Å²) >= 11 is 0. The summed E-state index contributed by atoms with van der Waals surface area (Å²) in [5, 5.41) is 20.0. The molecule has 1 unspecified atom stereocenters. The summed E-state index contributed by atoms with van der Waals surface area (Å²) in [6.45, 7) is -1.42. The minimum atomic E-state index is -4.10. The second-order valence-electron chi connectivity index (χ2n) is 2.94. The SMILES string of the molecule is [K+].[K+].[O-]B([O-])COC1(F)CCCOC1(F)F. The molecule has 0 radical (unpaired) electrons. The predicted octanol–water partition coefficient (Wildman–Crippen LogP) is -7.17. The van der Waals surface area contributed by atoms with Gasteiger partial charge in [0.15, 0.2) is 0 Å². The second kappa shape index (κ2) is 9.01. The number of hydrogen-bond acceptors (Lipinski definition) is 4. The largest absolute Gasteiger partial charge is 1.00 e. The van der Waals surface area contributed by atoms with Crippen LogP contribution in [0.15, 0.2) is 0 Å². The van der Waals surface area contributed by atoms with E-state index in [2.05, 4.69) is 9.47 Å². The molecule has 1 fully saturated rings. The Morgan fingerprint density at radius 2 is 1.81 bits per heavy atom. The van der Waals surface area contributed by atoms with Gasteiger partial charge in [0.1, 0.15) is 0 Å². The van der Waals surface area contributed by atoms with Gasteiger partial charge >= 0.3 is 109 Å². The minimum absolute atomic E-state index is 0. The first-order valence-corrected chi connectivity index (χ1v) is 4.04. The maximum absolute atomic E-state index is 13.3. The summed E-state index contributed by atoms with van der Waals surface area (Å²) in [6.07, 6.45) is -4.64. The van der Waals surface area contributed by atoms with E-state index in [9.17, 15) is 23.2 Å². The molecule has 0 aromatic carbocycles. The first-order valence-electron chi connectivity index (χ1n) is 4.04. The third-order valence-electron chi connectivity index (χ3n) is 1.81. The van der Waals surface area contributed by atoms with E-state index in [1.165, 1.54) is 0 Å². The number of halogens is 3. The molecule has 1 saturated heterocycles. The van der Waals surface area contributed by atoms with Gasteiger partial charge in [-0.3, -0.25) is 0 Å². The number of alkyl halides is 3. The molecule has 1 aliphatic rings. The molecule has 0 aromatic rings. The standard InChI is InChI=1S/C6H8BF3O4.2K/c8-5(14-4-7(11)12)2-1-3-13-6(5,9)10;;/h1-4H2;;/q-2;2*+1. The number of rotatable bonds is 3. The molecule has 1 heterocycles. The van der Waals surface area contributed by atoms with Crippen molar-refractivity contribution >= 4 is 7.12 Å². The fourth-order valence-electron chi connectivity index (χ4n) is 1.11. The Labute approximate surface area is 177 Å². The third kappa shape index (κ3) is 5.95. The fourth-order valence-corrected chi connectivity index (χ4v) is 1.11. The topological polar surface area (TPSA) is 64.6 Å². The Kier molecular flexibility index (Phi) is 12.0. The van der Waals surface area contributed by atoms with Crippen molar-refractivity contribution in [1.82, 2.24) is 0 Å². The zero-order valence-corrected chi connectivity index (χ0v) is 15.4. The maximum Gasteiger partial charge on any atom is 1.00 e. The average Bonchev–Trinajstić information content (AvgIpc) is 2.07. The molecule has 82 valence electrons. The summed E-state index contributed by atoms with van der Waals surface area (Å²) in [6, 6.07) is 0. The van der Waals surface area contributed by atoms with Gasteiger partial charge in [-0.2, -0.15) is 8.78 Å². The molecule has 0 N–H and O–H groups in total. The van der Waals surface area contributed by atoms with E-state index in [0.717, 1.165) is 0 Å². The Morgan fingerprint density at radius 3 is 2.25 bits per heavy atom. The van der Waals surface area contributed by atoms with Gasteiger partial charge < -0.3 is 19.5 Å². The average molecular weight is 290 g/mol. The van der Waals surface area contributed by atoms with Crippen molar-refractivity contribution in [3.63, 3.8) is 0 Å². The summed E-state index contributed by atoms with van der Waals surface area (Å²) in [5.41, 5.74) is 0. The van der Waals surface area contributed by atoms with Crippen LogP contribution in [0.25, 0.3) is 0 Å². The van der Waals surface area contributed by atoms with Crippen LogP contribution in [0, 0.1) is 0 Å². The molecule has 16 heavy (non-hydrogen) atoms. The van der Waals surface area contributed by atoms with Gasteiger partial charge in [0.05, 0.1) is 6.61 Å². The third-order valence-corrected chi connectivity index (χ3v) is 1.81. The molecule has 0 bridgehead atoms. The van der Waals surface area contributed by atoms with Crippen molar-refractivity contribution in [1.29, 1.82) is 0 Å². The van der Waals surface area contributed by atoms with Gasteiger partial charge in [0, 0.05) is 6.42 Å². The zero-order chi connectivity index (χ0) is 10.8. The maximum atomic E-state index is 13.3. The Bertz CT molecular complexity index is 212. The van der Waals surface area contributed by atoms with Crippen LogP contribution in [0.4, 0.5) is 13.2 Å². The summed E-state index contributed by atoms with van der Waals surface area (Å²) < 4.78 is 46.7. The summed E-state index contributed by atoms with van der Waals surface area (Å²) in [5.74, 6) is -3.35. The quantitative estimate of drug-likeness (QED) is 0.485. The molecule has 1 aliphatic heterocycles. The van der Waals surface area contributed by atoms with Crippen molar-refractivity contribution < 1.29 is 135 Å². The predicted molar refractivity (Wildman–Crippen MR) is 35.7 cm³/mol. The monoisotopic (exact) mass is 290 g/mol. The van der Waals surface area contributed by atoms with Crippen molar-refractivity contribution in [2.24, 2.45) is 0 Å². The molecular formula is C6H8BF3K2O4. The number of hydrogen-bond donors (Lipinski definition) is 0. The Morgan fingerprint density at radius 1 is 1.25 bits per heavy atom. The van der Waals surface area contributed by atoms with Crippen LogP contribution in [0.3, 0.4) is 0 Å². The molecule has 0 spiro atoms. The normalized spacial score (nSPS) is 27.6. The van der Waals surface area contributed by atoms with Crippen molar-refractivity contribution in [2.75, 3.05) is 13.1 Å². The van der Waals surface area contributed by atoms with E-state index >= 15 is 0 Å². The van der Waals surface area contributed by atoms with Crippen LogP contribution in [-0.2, 0) is 9.47 Å². The summed E-state index contributed by atoms with van der Waals surface area (Å²) in [4.78, 5) is 0. The van der Waals surface area contributed by atoms with Gasteiger partial charge in [0.2, 0.25) is 0 Å². The second-order valence-corrected chi connectivity index (χ2v) is 2.94. The van der Waals surface area contributed by atoms with Gasteiger partial charge in [-0.1, -0.05) is 7.12 Å². The molecule has 1 atom stereocenters. The van der Waals surface area contributed by atoms with Crippen LogP contribution in [0.5, 0.6) is 0 Å². The van der Waals surface area contributed by atoms with Gasteiger partial charge in [0.25, 0.3) is 5.85 Å².